The summed E-state index contributed by atoms with van der Waals surface area (Å²) in [6.45, 7) is 4.00. The van der Waals surface area contributed by atoms with E-state index in [0.717, 1.165) is 35.0 Å². The molecular formula is C20H23N3O3S. The number of nitrogens with zero attached hydrogens (tertiary/aromatic N) is 2. The highest BCUT2D eigenvalue weighted by atomic mass is 32.2. The van der Waals surface area contributed by atoms with Gasteiger partial charge in [-0.1, -0.05) is 37.3 Å². The number of para-hydroxylation sites is 3. The lowest BCUT2D eigenvalue weighted by molar-refractivity contribution is -0.116. The molecule has 3 rings (SSSR count). The molecular weight excluding hydrogens is 362 g/mol. The number of rotatable bonds is 6. The van der Waals surface area contributed by atoms with E-state index in [2.05, 4.69) is 10.3 Å². The summed E-state index contributed by atoms with van der Waals surface area (Å²) in [5.41, 5.74) is 4.30. The number of amides is 1. The fourth-order valence-electron chi connectivity index (χ4n) is 3.17. The standard InChI is InChI=1S/C20H23N3O3S/c1-4-15-9-7-8-14(2)20(15)22-19(24)12-23-17-11-6-5-10-16(17)21-18(23)13-27(3,25)26/h5-11H,4,12-13H2,1-3H3,(H,22,24). The number of benzene rings is 2. The molecule has 142 valence electrons. The number of carbonyl (C=O) groups is 1. The van der Waals surface area contributed by atoms with Crippen LogP contribution in [0.25, 0.3) is 11.0 Å². The number of anilines is 1. The highest BCUT2D eigenvalue weighted by Gasteiger charge is 2.18. The normalized spacial score (nSPS) is 11.7. The number of hydrogen-bond acceptors (Lipinski definition) is 4. The monoisotopic (exact) mass is 385 g/mol. The highest BCUT2D eigenvalue weighted by Crippen LogP contribution is 2.22. The molecule has 7 heteroatoms. The third-order valence-electron chi connectivity index (χ3n) is 4.43. The molecule has 0 atom stereocenters. The van der Waals surface area contributed by atoms with Crippen LogP contribution >= 0.6 is 0 Å². The van der Waals surface area contributed by atoms with Crippen molar-refractivity contribution in [3.05, 3.63) is 59.4 Å². The Balaban J connectivity index is 1.94. The first-order valence-electron chi connectivity index (χ1n) is 8.78. The number of nitrogens with one attached hydrogen (secondary N) is 1. The van der Waals surface area contributed by atoms with Crippen molar-refractivity contribution in [1.29, 1.82) is 0 Å². The van der Waals surface area contributed by atoms with Crippen molar-refractivity contribution in [1.82, 2.24) is 9.55 Å². The molecule has 1 amide bonds. The zero-order valence-electron chi connectivity index (χ0n) is 15.7. The minimum absolute atomic E-state index is 0.00283. The predicted molar refractivity (Wildman–Crippen MR) is 107 cm³/mol. The molecule has 3 aromatic rings. The van der Waals surface area contributed by atoms with Crippen LogP contribution in [0.1, 0.15) is 23.9 Å². The number of aryl methyl sites for hydroxylation is 2. The second-order valence-corrected chi connectivity index (χ2v) is 8.82. The lowest BCUT2D eigenvalue weighted by Crippen LogP contribution is -2.22. The SMILES string of the molecule is CCc1cccc(C)c1NC(=O)Cn1c(CS(C)(=O)=O)nc2ccccc21. The number of aromatic nitrogens is 2. The molecule has 27 heavy (non-hydrogen) atoms. The van der Waals surface area contributed by atoms with Gasteiger partial charge in [0.15, 0.2) is 9.84 Å². The van der Waals surface area contributed by atoms with Gasteiger partial charge in [0.25, 0.3) is 0 Å². The topological polar surface area (TPSA) is 81.1 Å². The van der Waals surface area contributed by atoms with Crippen molar-refractivity contribution < 1.29 is 13.2 Å². The zero-order chi connectivity index (χ0) is 19.6. The molecule has 0 spiro atoms. The van der Waals surface area contributed by atoms with E-state index in [4.69, 9.17) is 0 Å². The Morgan fingerprint density at radius 2 is 1.89 bits per heavy atom. The molecule has 0 saturated carbocycles. The number of imidazole rings is 1. The molecule has 0 fully saturated rings. The minimum atomic E-state index is -3.27. The number of sulfone groups is 1. The lowest BCUT2D eigenvalue weighted by Gasteiger charge is -2.14. The van der Waals surface area contributed by atoms with E-state index in [1.807, 2.05) is 56.3 Å². The maximum Gasteiger partial charge on any atom is 0.244 e. The van der Waals surface area contributed by atoms with Crippen LogP contribution in [0.3, 0.4) is 0 Å². The first-order chi connectivity index (χ1) is 12.8. The van der Waals surface area contributed by atoms with Crippen molar-refractivity contribution in [2.45, 2.75) is 32.6 Å². The van der Waals surface area contributed by atoms with E-state index in [0.29, 0.717) is 11.3 Å². The van der Waals surface area contributed by atoms with Crippen LogP contribution in [0.5, 0.6) is 0 Å². The highest BCUT2D eigenvalue weighted by molar-refractivity contribution is 7.89. The summed E-state index contributed by atoms with van der Waals surface area (Å²) in [6, 6.07) is 13.3. The molecule has 0 aliphatic carbocycles. The number of hydrogen-bond donors (Lipinski definition) is 1. The Morgan fingerprint density at radius 1 is 1.15 bits per heavy atom. The third-order valence-corrected chi connectivity index (χ3v) is 5.21. The van der Waals surface area contributed by atoms with Crippen molar-refractivity contribution in [2.24, 2.45) is 0 Å². The summed E-state index contributed by atoms with van der Waals surface area (Å²) in [5, 5.41) is 2.99. The van der Waals surface area contributed by atoms with Gasteiger partial charge in [-0.25, -0.2) is 13.4 Å². The molecule has 0 unspecified atom stereocenters. The van der Waals surface area contributed by atoms with Crippen molar-refractivity contribution in [3.8, 4) is 0 Å². The van der Waals surface area contributed by atoms with Crippen molar-refractivity contribution in [3.63, 3.8) is 0 Å². The molecule has 1 heterocycles. The number of fused-ring (bicyclic) bond motifs is 1. The summed E-state index contributed by atoms with van der Waals surface area (Å²) in [7, 11) is -3.27. The van der Waals surface area contributed by atoms with Gasteiger partial charge in [0.1, 0.15) is 18.1 Å². The van der Waals surface area contributed by atoms with E-state index in [1.165, 1.54) is 0 Å². The van der Waals surface area contributed by atoms with Crippen LogP contribution in [0.2, 0.25) is 0 Å². The van der Waals surface area contributed by atoms with E-state index in [9.17, 15) is 13.2 Å². The van der Waals surface area contributed by atoms with Crippen molar-refractivity contribution >= 4 is 32.5 Å². The van der Waals surface area contributed by atoms with Crippen LogP contribution < -0.4 is 5.32 Å². The second-order valence-electron chi connectivity index (χ2n) is 6.68. The van der Waals surface area contributed by atoms with Gasteiger partial charge in [-0.2, -0.15) is 0 Å². The van der Waals surface area contributed by atoms with E-state index in [-0.39, 0.29) is 18.2 Å². The van der Waals surface area contributed by atoms with Gasteiger partial charge in [-0.05, 0) is 36.6 Å². The lowest BCUT2D eigenvalue weighted by atomic mass is 10.1. The first-order valence-corrected chi connectivity index (χ1v) is 10.8. The Morgan fingerprint density at radius 3 is 2.59 bits per heavy atom. The largest absolute Gasteiger partial charge is 0.324 e. The summed E-state index contributed by atoms with van der Waals surface area (Å²) in [4.78, 5) is 17.2. The van der Waals surface area contributed by atoms with Crippen LogP contribution in [-0.2, 0) is 33.4 Å². The molecule has 2 aromatic carbocycles. The summed E-state index contributed by atoms with van der Waals surface area (Å²) >= 11 is 0. The van der Waals surface area contributed by atoms with Crippen LogP contribution in [-0.4, -0.2) is 30.1 Å². The Bertz CT molecular complexity index is 1100. The second kappa shape index (κ2) is 7.52. The van der Waals surface area contributed by atoms with Crippen LogP contribution in [0, 0.1) is 6.92 Å². The fourth-order valence-corrected chi connectivity index (χ4v) is 3.86. The molecule has 6 nitrogen and oxygen atoms in total. The molecule has 0 saturated heterocycles. The van der Waals surface area contributed by atoms with Crippen molar-refractivity contribution in [2.75, 3.05) is 11.6 Å². The Kier molecular flexibility index (Phi) is 5.32. The summed E-state index contributed by atoms with van der Waals surface area (Å²) in [5.74, 6) is -0.0502. The van der Waals surface area contributed by atoms with Gasteiger partial charge in [-0.15, -0.1) is 0 Å². The third kappa shape index (κ3) is 4.36. The molecule has 0 bridgehead atoms. The van der Waals surface area contributed by atoms with Gasteiger partial charge in [-0.3, -0.25) is 4.79 Å². The quantitative estimate of drug-likeness (QED) is 0.707. The van der Waals surface area contributed by atoms with Crippen LogP contribution in [0.4, 0.5) is 5.69 Å². The Labute approximate surface area is 159 Å². The molecule has 0 aliphatic heterocycles. The molecule has 1 aromatic heterocycles. The molecule has 1 N–H and O–H groups in total. The van der Waals surface area contributed by atoms with Gasteiger partial charge in [0.2, 0.25) is 5.91 Å². The summed E-state index contributed by atoms with van der Waals surface area (Å²) < 4.78 is 25.2. The predicted octanol–water partition coefficient (Wildman–Crippen LogP) is 3.09. The smallest absolute Gasteiger partial charge is 0.244 e. The van der Waals surface area contributed by atoms with E-state index < -0.39 is 9.84 Å². The Hall–Kier alpha value is -2.67. The minimum Gasteiger partial charge on any atom is -0.324 e. The average Bonchev–Trinajstić information content (AvgIpc) is 2.92. The van der Waals surface area contributed by atoms with Gasteiger partial charge < -0.3 is 9.88 Å². The van der Waals surface area contributed by atoms with Gasteiger partial charge in [0, 0.05) is 11.9 Å². The van der Waals surface area contributed by atoms with E-state index >= 15 is 0 Å². The molecule has 0 radical (unpaired) electrons. The van der Waals surface area contributed by atoms with E-state index in [1.54, 1.807) is 4.57 Å². The van der Waals surface area contributed by atoms with Gasteiger partial charge in [0.05, 0.1) is 11.0 Å². The zero-order valence-corrected chi connectivity index (χ0v) is 16.5. The molecule has 0 aliphatic rings. The summed E-state index contributed by atoms with van der Waals surface area (Å²) in [6.07, 6.45) is 1.97. The maximum atomic E-state index is 12.8. The number of carbonyl (C=O) groups excluding carboxylic acids is 1. The fraction of sp³-hybridized carbons (Fsp3) is 0.300. The maximum absolute atomic E-state index is 12.8. The van der Waals surface area contributed by atoms with Gasteiger partial charge >= 0.3 is 0 Å². The van der Waals surface area contributed by atoms with Crippen LogP contribution in [0.15, 0.2) is 42.5 Å². The first kappa shape index (κ1) is 19.1. The average molecular weight is 385 g/mol.